The molecule has 1 aromatic carbocycles. The van der Waals surface area contributed by atoms with Crippen LogP contribution in [-0.2, 0) is 14.3 Å². The Morgan fingerprint density at radius 1 is 0.759 bits per heavy atom. The third-order valence-electron chi connectivity index (χ3n) is 4.33. The minimum atomic E-state index is -0.660. The molecule has 4 nitrogen and oxygen atoms in total. The molecule has 29 heavy (non-hydrogen) atoms. The molecule has 0 radical (unpaired) electrons. The second kappa shape index (κ2) is 15.2. The van der Waals surface area contributed by atoms with Crippen molar-refractivity contribution in [2.75, 3.05) is 6.61 Å². The van der Waals surface area contributed by atoms with E-state index in [4.69, 9.17) is 55.9 Å². The number of benzene rings is 1. The number of ether oxygens (including phenoxy) is 2. The van der Waals surface area contributed by atoms with Crippen LogP contribution in [0.3, 0.4) is 0 Å². The van der Waals surface area contributed by atoms with Crippen molar-refractivity contribution in [3.8, 4) is 5.75 Å². The van der Waals surface area contributed by atoms with E-state index in [0.717, 1.165) is 19.3 Å². The van der Waals surface area contributed by atoms with E-state index >= 15 is 0 Å². The Kier molecular flexibility index (Phi) is 13.8. The average molecular weight is 486 g/mol. The molecule has 0 spiro atoms. The van der Waals surface area contributed by atoms with Crippen LogP contribution in [0.1, 0.15) is 77.6 Å². The number of carbonyl (C=O) groups excluding carboxylic acids is 2. The normalized spacial score (nSPS) is 10.8. The van der Waals surface area contributed by atoms with E-state index in [1.54, 1.807) is 0 Å². The standard InChI is InChI=1S/C21H28Cl4O4/c1-2-3-4-5-6-7-8-9-10-13-28-17(26)11-12-18(27)29-21-16(23)14-15(22)19(24)20(21)25/h14H,2-13H2,1H3. The third kappa shape index (κ3) is 10.8. The Morgan fingerprint density at radius 3 is 1.93 bits per heavy atom. The van der Waals surface area contributed by atoms with Gasteiger partial charge >= 0.3 is 11.9 Å². The van der Waals surface area contributed by atoms with Crippen LogP contribution < -0.4 is 4.74 Å². The summed E-state index contributed by atoms with van der Waals surface area (Å²) in [5.41, 5.74) is 0. The molecular formula is C21H28Cl4O4. The van der Waals surface area contributed by atoms with Gasteiger partial charge in [-0.25, -0.2) is 0 Å². The van der Waals surface area contributed by atoms with Crippen LogP contribution >= 0.6 is 46.4 Å². The van der Waals surface area contributed by atoms with Crippen molar-refractivity contribution in [3.63, 3.8) is 0 Å². The lowest BCUT2D eigenvalue weighted by Gasteiger charge is -2.10. The van der Waals surface area contributed by atoms with Gasteiger partial charge in [-0.1, -0.05) is 105 Å². The number of hydrogen-bond donors (Lipinski definition) is 0. The molecule has 8 heteroatoms. The van der Waals surface area contributed by atoms with Crippen LogP contribution in [0.25, 0.3) is 0 Å². The van der Waals surface area contributed by atoms with E-state index in [2.05, 4.69) is 6.92 Å². The van der Waals surface area contributed by atoms with Crippen LogP contribution in [0.4, 0.5) is 0 Å². The maximum absolute atomic E-state index is 11.9. The van der Waals surface area contributed by atoms with Crippen molar-refractivity contribution >= 4 is 58.3 Å². The first-order valence-corrected chi connectivity index (χ1v) is 11.6. The highest BCUT2D eigenvalue weighted by Gasteiger charge is 2.19. The molecular weight excluding hydrogens is 458 g/mol. The van der Waals surface area contributed by atoms with Gasteiger partial charge in [-0.15, -0.1) is 0 Å². The van der Waals surface area contributed by atoms with Gasteiger partial charge in [0.05, 0.1) is 34.5 Å². The van der Waals surface area contributed by atoms with Gasteiger partial charge in [0.15, 0.2) is 5.75 Å². The summed E-state index contributed by atoms with van der Waals surface area (Å²) in [6.45, 7) is 2.58. The molecule has 0 bridgehead atoms. The van der Waals surface area contributed by atoms with E-state index in [-0.39, 0.29) is 38.7 Å². The molecule has 0 saturated carbocycles. The first-order valence-electron chi connectivity index (χ1n) is 10.1. The summed E-state index contributed by atoms with van der Waals surface area (Å²) in [7, 11) is 0. The fourth-order valence-corrected chi connectivity index (χ4v) is 3.66. The summed E-state index contributed by atoms with van der Waals surface area (Å²) >= 11 is 23.7. The number of unbranched alkanes of at least 4 members (excludes halogenated alkanes) is 8. The van der Waals surface area contributed by atoms with Gasteiger partial charge in [0, 0.05) is 0 Å². The summed E-state index contributed by atoms with van der Waals surface area (Å²) in [4.78, 5) is 23.7. The molecule has 0 unspecified atom stereocenters. The summed E-state index contributed by atoms with van der Waals surface area (Å²) in [6.07, 6.45) is 10.5. The molecule has 0 heterocycles. The molecule has 0 aliphatic rings. The highest BCUT2D eigenvalue weighted by molar-refractivity contribution is 6.50. The molecule has 0 atom stereocenters. The predicted molar refractivity (Wildman–Crippen MR) is 120 cm³/mol. The second-order valence-corrected chi connectivity index (χ2v) is 8.39. The van der Waals surface area contributed by atoms with Crippen LogP contribution in [0.15, 0.2) is 6.07 Å². The Hall–Kier alpha value is -0.680. The maximum Gasteiger partial charge on any atom is 0.311 e. The number of esters is 2. The van der Waals surface area contributed by atoms with E-state index in [9.17, 15) is 9.59 Å². The van der Waals surface area contributed by atoms with Crippen molar-refractivity contribution in [1.82, 2.24) is 0 Å². The van der Waals surface area contributed by atoms with Gasteiger partial charge in [-0.05, 0) is 12.5 Å². The van der Waals surface area contributed by atoms with E-state index in [1.807, 2.05) is 0 Å². The topological polar surface area (TPSA) is 52.6 Å². The molecule has 164 valence electrons. The number of carbonyl (C=O) groups is 2. The molecule has 0 fully saturated rings. The summed E-state index contributed by atoms with van der Waals surface area (Å²) in [5, 5.41) is 0.207. The molecule has 0 aliphatic heterocycles. The van der Waals surface area contributed by atoms with Gasteiger partial charge in [0.2, 0.25) is 0 Å². The van der Waals surface area contributed by atoms with Crippen molar-refractivity contribution in [1.29, 1.82) is 0 Å². The Labute approximate surface area is 193 Å². The molecule has 1 rings (SSSR count). The van der Waals surface area contributed by atoms with Gasteiger partial charge in [-0.3, -0.25) is 9.59 Å². The third-order valence-corrected chi connectivity index (χ3v) is 5.86. The van der Waals surface area contributed by atoms with Gasteiger partial charge in [0.25, 0.3) is 0 Å². The summed E-state index contributed by atoms with van der Waals surface area (Å²) < 4.78 is 10.3. The van der Waals surface area contributed by atoms with E-state index in [1.165, 1.54) is 44.6 Å². The molecule has 0 aliphatic carbocycles. The lowest BCUT2D eigenvalue weighted by Crippen LogP contribution is -2.13. The highest BCUT2D eigenvalue weighted by atomic mass is 35.5. The van der Waals surface area contributed by atoms with E-state index in [0.29, 0.717) is 6.61 Å². The Morgan fingerprint density at radius 2 is 1.31 bits per heavy atom. The number of halogens is 4. The zero-order chi connectivity index (χ0) is 21.6. The molecule has 0 N–H and O–H groups in total. The lowest BCUT2D eigenvalue weighted by atomic mass is 10.1. The number of hydrogen-bond acceptors (Lipinski definition) is 4. The maximum atomic E-state index is 11.9. The largest absolute Gasteiger partial charge is 0.466 e. The van der Waals surface area contributed by atoms with Gasteiger partial charge in [0.1, 0.15) is 5.02 Å². The van der Waals surface area contributed by atoms with Crippen LogP contribution in [0, 0.1) is 0 Å². The van der Waals surface area contributed by atoms with Crippen molar-refractivity contribution in [2.24, 2.45) is 0 Å². The fraction of sp³-hybridized carbons (Fsp3) is 0.619. The first kappa shape index (κ1) is 26.4. The molecule has 0 amide bonds. The number of rotatable bonds is 14. The van der Waals surface area contributed by atoms with Crippen LogP contribution in [0.2, 0.25) is 20.1 Å². The minimum absolute atomic E-state index is 0.0425. The van der Waals surface area contributed by atoms with Crippen LogP contribution in [-0.4, -0.2) is 18.5 Å². The monoisotopic (exact) mass is 484 g/mol. The van der Waals surface area contributed by atoms with Gasteiger partial charge < -0.3 is 9.47 Å². The fourth-order valence-electron chi connectivity index (χ4n) is 2.68. The summed E-state index contributed by atoms with van der Waals surface area (Å²) in [6, 6.07) is 1.33. The smallest absolute Gasteiger partial charge is 0.311 e. The first-order chi connectivity index (χ1) is 13.9. The Balaban J connectivity index is 2.16. The predicted octanol–water partition coefficient (Wildman–Crippen LogP) is 8.06. The quantitative estimate of drug-likeness (QED) is 0.0878. The van der Waals surface area contributed by atoms with Crippen molar-refractivity contribution in [2.45, 2.75) is 77.6 Å². The molecule has 0 saturated heterocycles. The average Bonchev–Trinajstić information content (AvgIpc) is 2.69. The SMILES string of the molecule is CCCCCCCCCCCOC(=O)CCC(=O)Oc1c(Cl)cc(Cl)c(Cl)c1Cl. The second-order valence-electron chi connectivity index (χ2n) is 6.82. The van der Waals surface area contributed by atoms with Gasteiger partial charge in [-0.2, -0.15) is 0 Å². The molecule has 0 aromatic heterocycles. The zero-order valence-electron chi connectivity index (χ0n) is 16.7. The van der Waals surface area contributed by atoms with Crippen molar-refractivity contribution < 1.29 is 19.1 Å². The van der Waals surface area contributed by atoms with Crippen LogP contribution in [0.5, 0.6) is 5.75 Å². The van der Waals surface area contributed by atoms with Crippen molar-refractivity contribution in [3.05, 3.63) is 26.2 Å². The van der Waals surface area contributed by atoms with E-state index < -0.39 is 11.9 Å². The summed E-state index contributed by atoms with van der Waals surface area (Å²) in [5.74, 6) is -1.17. The zero-order valence-corrected chi connectivity index (χ0v) is 19.7. The Bertz CT molecular complexity index is 665. The lowest BCUT2D eigenvalue weighted by molar-refractivity contribution is -0.147. The molecule has 1 aromatic rings. The highest BCUT2D eigenvalue weighted by Crippen LogP contribution is 2.42. The minimum Gasteiger partial charge on any atom is -0.466 e.